The molecule has 4 bridgehead atoms. The van der Waals surface area contributed by atoms with Crippen molar-refractivity contribution in [2.24, 2.45) is 11.8 Å². The number of aliphatic hydroxyl groups is 1. The molecule has 1 N–H and O–H groups in total. The maximum atomic E-state index is 13.6. The number of nitrogens with zero attached hydrogens (tertiary/aromatic N) is 1. The monoisotopic (exact) mass is 737 g/mol. The number of likely N-dealkylation sites (tertiary alicyclic amines) is 1. The third kappa shape index (κ3) is 4.13. The molecule has 5 aliphatic carbocycles. The molecule has 284 valence electrons. The van der Waals surface area contributed by atoms with Gasteiger partial charge < -0.3 is 28.8 Å². The van der Waals surface area contributed by atoms with E-state index < -0.39 is 46.2 Å². The maximum absolute atomic E-state index is 13.6. The summed E-state index contributed by atoms with van der Waals surface area (Å²) in [7, 11) is 1.77. The molecule has 54 heavy (non-hydrogen) atoms. The van der Waals surface area contributed by atoms with Crippen LogP contribution in [0.5, 0.6) is 23.0 Å². The zero-order valence-electron chi connectivity index (χ0n) is 30.9. The van der Waals surface area contributed by atoms with Crippen LogP contribution in [0.1, 0.15) is 93.4 Å². The Hall–Kier alpha value is -4.06. The summed E-state index contributed by atoms with van der Waals surface area (Å²) in [6.45, 7) is 7.52. The van der Waals surface area contributed by atoms with Crippen LogP contribution in [0.3, 0.4) is 0 Å². The van der Waals surface area contributed by atoms with Crippen LogP contribution in [0, 0.1) is 11.8 Å². The first-order chi connectivity index (χ1) is 26.0. The van der Waals surface area contributed by atoms with Crippen LogP contribution in [0.4, 0.5) is 0 Å². The van der Waals surface area contributed by atoms with Gasteiger partial charge in [-0.2, -0.15) is 0 Å². The molecule has 2 aromatic rings. The number of carbonyl (C=O) groups excluding carboxylic acids is 4. The topological polar surface area (TPSA) is 138 Å². The van der Waals surface area contributed by atoms with Crippen molar-refractivity contribution in [3.63, 3.8) is 0 Å². The lowest BCUT2D eigenvalue weighted by molar-refractivity contribution is -0.187. The standard InChI is InChI=1S/C43H47NO10/c1-4-19-44-20-18-40-34-25-8-10-29(36(34)53-38(40)27(45)13-16-42(40,49)31(44)22-25)51-32(47)11-12-33(48)52-30-9-7-24-21-26-23(2)6-5-15-41-35(24)37(30)54-39(41)28(46)14-17-43(26,41)50-3/h4,7-10,23,26,31,38-39,49H,1,5-6,11-22H2,2-3H3/t23?,26-,31+,38-,39-,40?,41?,42+,43+/m0/s1. The van der Waals surface area contributed by atoms with Crippen molar-refractivity contribution >= 4 is 23.5 Å². The zero-order valence-corrected chi connectivity index (χ0v) is 30.9. The Kier molecular flexibility index (Phi) is 7.48. The second-order valence-corrected chi connectivity index (χ2v) is 17.1. The van der Waals surface area contributed by atoms with Crippen molar-refractivity contribution in [1.82, 2.24) is 4.90 Å². The van der Waals surface area contributed by atoms with Gasteiger partial charge in [0.2, 0.25) is 0 Å². The van der Waals surface area contributed by atoms with Crippen molar-refractivity contribution < 1.29 is 48.0 Å². The molecular formula is C43H47NO10. The van der Waals surface area contributed by atoms with E-state index >= 15 is 0 Å². The Morgan fingerprint density at radius 1 is 0.889 bits per heavy atom. The lowest BCUT2D eigenvalue weighted by Gasteiger charge is -2.62. The third-order valence-corrected chi connectivity index (χ3v) is 15.1. The van der Waals surface area contributed by atoms with E-state index in [9.17, 15) is 24.3 Å². The summed E-state index contributed by atoms with van der Waals surface area (Å²) in [4.78, 5) is 55.9. The van der Waals surface area contributed by atoms with Crippen molar-refractivity contribution in [3.05, 3.63) is 59.2 Å². The van der Waals surface area contributed by atoms with Crippen LogP contribution in [0.15, 0.2) is 36.9 Å². The van der Waals surface area contributed by atoms with Crippen LogP contribution in [0.2, 0.25) is 0 Å². The summed E-state index contributed by atoms with van der Waals surface area (Å²) in [5.41, 5.74) is 0.552. The highest BCUT2D eigenvalue weighted by molar-refractivity contribution is 5.91. The summed E-state index contributed by atoms with van der Waals surface area (Å²) in [5, 5.41) is 12.4. The smallest absolute Gasteiger partial charge is 0.311 e. The van der Waals surface area contributed by atoms with Gasteiger partial charge in [0.1, 0.15) is 0 Å². The van der Waals surface area contributed by atoms with Gasteiger partial charge in [0, 0.05) is 50.2 Å². The van der Waals surface area contributed by atoms with Crippen LogP contribution in [0.25, 0.3) is 0 Å². The summed E-state index contributed by atoms with van der Waals surface area (Å²) in [6.07, 6.45) is 6.05. The van der Waals surface area contributed by atoms with E-state index in [0.29, 0.717) is 62.6 Å². The number of benzene rings is 2. The number of rotatable bonds is 8. The predicted octanol–water partition coefficient (Wildman–Crippen LogP) is 4.63. The quantitative estimate of drug-likeness (QED) is 0.231. The molecule has 0 radical (unpaired) electrons. The summed E-state index contributed by atoms with van der Waals surface area (Å²) in [6, 6.07) is 7.15. The average Bonchev–Trinajstić information content (AvgIpc) is 3.69. The zero-order chi connectivity index (χ0) is 37.4. The number of methoxy groups -OCH3 is 1. The lowest BCUT2D eigenvalue weighted by Crippen LogP contribution is -2.76. The van der Waals surface area contributed by atoms with Gasteiger partial charge in [-0.1, -0.05) is 38.0 Å². The Balaban J connectivity index is 0.889. The highest BCUT2D eigenvalue weighted by Crippen LogP contribution is 2.68. The molecule has 11 nitrogen and oxygen atoms in total. The molecular weight excluding hydrogens is 690 g/mol. The van der Waals surface area contributed by atoms with Crippen molar-refractivity contribution in [3.8, 4) is 23.0 Å². The molecule has 3 heterocycles. The molecule has 2 aromatic carbocycles. The SMILES string of the molecule is C=CCN1CCC23c4c5ccc(OC(=O)CCC(=O)Oc6ccc7c8c6O[C@H]6C(=O)CC[C@@]9(OC)[C@@H](C7)C(C)CCCC869)c4O[C@H]2C(=O)CC[C@@]3(O)[C@H]1C5. The first-order valence-electron chi connectivity index (χ1n) is 19.8. The molecule has 2 spiro atoms. The largest absolute Gasteiger partial charge is 0.477 e. The summed E-state index contributed by atoms with van der Waals surface area (Å²) >= 11 is 0. The summed E-state index contributed by atoms with van der Waals surface area (Å²) in [5.74, 6) is 0.601. The van der Waals surface area contributed by atoms with Gasteiger partial charge in [0.15, 0.2) is 46.8 Å². The summed E-state index contributed by atoms with van der Waals surface area (Å²) < 4.78 is 31.2. The average molecular weight is 738 g/mol. The van der Waals surface area contributed by atoms with E-state index in [4.69, 9.17) is 23.7 Å². The van der Waals surface area contributed by atoms with Crippen LogP contribution in [-0.2, 0) is 47.6 Å². The molecule has 1 saturated heterocycles. The van der Waals surface area contributed by atoms with E-state index in [1.165, 1.54) is 0 Å². The maximum Gasteiger partial charge on any atom is 0.311 e. The fourth-order valence-electron chi connectivity index (χ4n) is 13.1. The second-order valence-electron chi connectivity index (χ2n) is 17.1. The van der Waals surface area contributed by atoms with E-state index in [-0.39, 0.29) is 54.3 Å². The van der Waals surface area contributed by atoms with E-state index in [2.05, 4.69) is 18.4 Å². The molecule has 4 fully saturated rings. The van der Waals surface area contributed by atoms with Gasteiger partial charge in [0.25, 0.3) is 0 Å². The van der Waals surface area contributed by atoms with Gasteiger partial charge in [-0.3, -0.25) is 24.1 Å². The van der Waals surface area contributed by atoms with E-state index in [1.807, 2.05) is 18.2 Å². The second kappa shape index (κ2) is 11.7. The Morgan fingerprint density at radius 2 is 1.50 bits per heavy atom. The number of hydrogen-bond acceptors (Lipinski definition) is 11. The first kappa shape index (κ1) is 34.4. The van der Waals surface area contributed by atoms with Crippen LogP contribution >= 0.6 is 0 Å². The fraction of sp³-hybridized carbons (Fsp3) is 0.581. The molecule has 8 aliphatic rings. The molecule has 0 aromatic heterocycles. The van der Waals surface area contributed by atoms with Crippen molar-refractivity contribution in [1.29, 1.82) is 0 Å². The van der Waals surface area contributed by atoms with E-state index in [0.717, 1.165) is 47.9 Å². The van der Waals surface area contributed by atoms with E-state index in [1.54, 1.807) is 19.2 Å². The normalized spacial score (nSPS) is 37.6. The van der Waals surface area contributed by atoms with Crippen molar-refractivity contribution in [2.75, 3.05) is 20.2 Å². The van der Waals surface area contributed by atoms with Gasteiger partial charge >= 0.3 is 11.9 Å². The lowest BCUT2D eigenvalue weighted by atomic mass is 9.48. The minimum absolute atomic E-state index is 0.0559. The highest BCUT2D eigenvalue weighted by atomic mass is 16.6. The van der Waals surface area contributed by atoms with Gasteiger partial charge in [-0.05, 0) is 73.6 Å². The Bertz CT molecular complexity index is 2040. The van der Waals surface area contributed by atoms with Gasteiger partial charge in [0.05, 0.1) is 34.9 Å². The minimum atomic E-state index is -1.18. The number of carbonyl (C=O) groups is 4. The first-order valence-corrected chi connectivity index (χ1v) is 19.8. The molecule has 11 heteroatoms. The predicted molar refractivity (Wildman–Crippen MR) is 193 cm³/mol. The Labute approximate surface area is 314 Å². The Morgan fingerprint density at radius 3 is 2.15 bits per heavy atom. The number of esters is 2. The fourth-order valence-corrected chi connectivity index (χ4v) is 13.1. The van der Waals surface area contributed by atoms with Gasteiger partial charge in [-0.25, -0.2) is 0 Å². The van der Waals surface area contributed by atoms with Crippen LogP contribution < -0.4 is 18.9 Å². The number of hydrogen-bond donors (Lipinski definition) is 1. The third-order valence-electron chi connectivity index (χ3n) is 15.1. The molecule has 3 saturated carbocycles. The molecule has 9 atom stereocenters. The number of ether oxygens (including phenoxy) is 5. The number of Topliss-reactive ketones (excluding diaryl/α,β-unsaturated/α-hetero) is 2. The number of ketones is 2. The molecule has 10 rings (SSSR count). The highest BCUT2D eigenvalue weighted by Gasteiger charge is 2.74. The van der Waals surface area contributed by atoms with Gasteiger partial charge in [-0.15, -0.1) is 6.58 Å². The van der Waals surface area contributed by atoms with Crippen molar-refractivity contribution in [2.45, 2.75) is 124 Å². The molecule has 3 unspecified atom stereocenters. The molecule has 3 aliphatic heterocycles. The van der Waals surface area contributed by atoms with Crippen LogP contribution in [-0.4, -0.2) is 83.2 Å². The minimum Gasteiger partial charge on any atom is -0.477 e. The molecule has 0 amide bonds. The number of piperidine rings is 1.